The van der Waals surface area contributed by atoms with Gasteiger partial charge in [-0.05, 0) is 37.3 Å². The Labute approximate surface area is 104 Å². The van der Waals surface area contributed by atoms with E-state index in [9.17, 15) is 4.79 Å². The Hall–Kier alpha value is -0.680. The summed E-state index contributed by atoms with van der Waals surface area (Å²) < 4.78 is 0.322. The normalized spacial score (nSPS) is 15.9. The molecule has 1 amide bonds. The average molecular weight is 260 g/mol. The van der Waals surface area contributed by atoms with Crippen LogP contribution in [0.5, 0.6) is 0 Å². The van der Waals surface area contributed by atoms with E-state index in [-0.39, 0.29) is 5.91 Å². The third-order valence-electron chi connectivity index (χ3n) is 2.96. The van der Waals surface area contributed by atoms with Crippen LogP contribution in [-0.4, -0.2) is 34.1 Å². The summed E-state index contributed by atoms with van der Waals surface area (Å²) in [7, 11) is 0. The monoisotopic (exact) mass is 259 g/mol. The Morgan fingerprint density at radius 2 is 2.31 bits per heavy atom. The number of aromatic nitrogens is 2. The molecule has 1 saturated carbocycles. The molecule has 2 rings (SSSR count). The van der Waals surface area contributed by atoms with Gasteiger partial charge in [0.05, 0.1) is 0 Å². The van der Waals surface area contributed by atoms with Crippen molar-refractivity contribution in [3.63, 3.8) is 0 Å². The van der Waals surface area contributed by atoms with E-state index in [4.69, 9.17) is 11.6 Å². The molecule has 4 nitrogen and oxygen atoms in total. The summed E-state index contributed by atoms with van der Waals surface area (Å²) in [6.45, 7) is 3.54. The van der Waals surface area contributed by atoms with E-state index in [0.29, 0.717) is 21.9 Å². The lowest BCUT2D eigenvalue weighted by Crippen LogP contribution is -2.37. The summed E-state index contributed by atoms with van der Waals surface area (Å²) in [4.78, 5) is 13.9. The van der Waals surface area contributed by atoms with Crippen LogP contribution in [-0.2, 0) is 0 Å². The third kappa shape index (κ3) is 2.52. The van der Waals surface area contributed by atoms with Crippen LogP contribution < -0.4 is 0 Å². The fourth-order valence-corrected chi connectivity index (χ4v) is 2.57. The van der Waals surface area contributed by atoms with Gasteiger partial charge in [-0.1, -0.05) is 17.8 Å². The van der Waals surface area contributed by atoms with Gasteiger partial charge in [-0.3, -0.25) is 4.79 Å². The molecule has 1 aromatic heterocycles. The molecule has 6 heteroatoms. The van der Waals surface area contributed by atoms with Crippen molar-refractivity contribution in [1.29, 1.82) is 0 Å². The highest BCUT2D eigenvalue weighted by Gasteiger charge is 2.25. The molecule has 0 bridgehead atoms. The molecular weight excluding hydrogens is 246 g/mol. The van der Waals surface area contributed by atoms with Gasteiger partial charge in [0.1, 0.15) is 0 Å². The van der Waals surface area contributed by atoms with Gasteiger partial charge in [0.25, 0.3) is 5.91 Å². The molecule has 0 atom stereocenters. The van der Waals surface area contributed by atoms with E-state index in [1.165, 1.54) is 19.3 Å². The minimum absolute atomic E-state index is 0.0428. The summed E-state index contributed by atoms with van der Waals surface area (Å²) in [5.74, 6) is 0.631. The first-order chi connectivity index (χ1) is 7.70. The van der Waals surface area contributed by atoms with Crippen LogP contribution in [0.15, 0.2) is 0 Å². The summed E-state index contributed by atoms with van der Waals surface area (Å²) in [6, 6.07) is 0. The molecule has 0 unspecified atom stereocenters. The molecule has 1 aliphatic carbocycles. The number of nitrogens with zero attached hydrogens (tertiary/aromatic N) is 3. The van der Waals surface area contributed by atoms with Gasteiger partial charge >= 0.3 is 0 Å². The second kappa shape index (κ2) is 5.10. The highest BCUT2D eigenvalue weighted by atomic mass is 35.5. The van der Waals surface area contributed by atoms with Crippen molar-refractivity contribution in [2.75, 3.05) is 13.1 Å². The molecule has 1 fully saturated rings. The summed E-state index contributed by atoms with van der Waals surface area (Å²) in [5.41, 5.74) is 0. The molecule has 88 valence electrons. The number of rotatable bonds is 4. The first-order valence-corrected chi connectivity index (χ1v) is 6.68. The van der Waals surface area contributed by atoms with E-state index < -0.39 is 0 Å². The van der Waals surface area contributed by atoms with E-state index in [0.717, 1.165) is 17.9 Å². The number of amides is 1. The second-order valence-corrected chi connectivity index (χ2v) is 5.56. The van der Waals surface area contributed by atoms with Gasteiger partial charge in [0.15, 0.2) is 0 Å². The van der Waals surface area contributed by atoms with Crippen molar-refractivity contribution >= 4 is 28.8 Å². The van der Waals surface area contributed by atoms with Crippen LogP contribution in [0.1, 0.15) is 36.0 Å². The smallest absolute Gasteiger partial charge is 0.284 e. The highest BCUT2D eigenvalue weighted by Crippen LogP contribution is 2.27. The predicted octanol–water partition coefficient (Wildman–Crippen LogP) is 2.45. The fourth-order valence-electron chi connectivity index (χ4n) is 1.77. The first kappa shape index (κ1) is 11.8. The molecule has 16 heavy (non-hydrogen) atoms. The predicted molar refractivity (Wildman–Crippen MR) is 63.8 cm³/mol. The number of carbonyl (C=O) groups is 1. The van der Waals surface area contributed by atoms with Gasteiger partial charge in [-0.15, -0.1) is 10.2 Å². The Bertz CT molecular complexity index is 378. The fraction of sp³-hybridized carbons (Fsp3) is 0.700. The van der Waals surface area contributed by atoms with Crippen molar-refractivity contribution in [2.24, 2.45) is 5.92 Å². The lowest BCUT2D eigenvalue weighted by Gasteiger charge is -2.31. The van der Waals surface area contributed by atoms with Crippen molar-refractivity contribution in [3.05, 3.63) is 9.47 Å². The topological polar surface area (TPSA) is 46.1 Å². The first-order valence-electron chi connectivity index (χ1n) is 5.49. The number of carbonyl (C=O) groups excluding carboxylic acids is 1. The zero-order valence-electron chi connectivity index (χ0n) is 9.15. The summed E-state index contributed by atoms with van der Waals surface area (Å²) in [6.07, 6.45) is 3.77. The Balaban J connectivity index is 1.99. The largest absolute Gasteiger partial charge is 0.337 e. The Morgan fingerprint density at radius 1 is 1.56 bits per heavy atom. The molecule has 0 aliphatic heterocycles. The standard InChI is InChI=1S/C10H14ClN3OS/c1-2-14(6-7-4-3-5-7)9(15)8-12-13-10(11)16-8/h7H,2-6H2,1H3. The van der Waals surface area contributed by atoms with Crippen LogP contribution in [0.3, 0.4) is 0 Å². The molecular formula is C10H14ClN3OS. The van der Waals surface area contributed by atoms with E-state index in [1.807, 2.05) is 11.8 Å². The molecule has 1 aromatic rings. The van der Waals surface area contributed by atoms with Crippen LogP contribution in [0, 0.1) is 5.92 Å². The minimum atomic E-state index is -0.0428. The van der Waals surface area contributed by atoms with Crippen molar-refractivity contribution in [3.8, 4) is 0 Å². The maximum Gasteiger partial charge on any atom is 0.284 e. The van der Waals surface area contributed by atoms with E-state index in [2.05, 4.69) is 10.2 Å². The van der Waals surface area contributed by atoms with Crippen LogP contribution in [0.2, 0.25) is 4.47 Å². The Morgan fingerprint density at radius 3 is 2.75 bits per heavy atom. The lowest BCUT2D eigenvalue weighted by molar-refractivity contribution is 0.0705. The number of hydrogen-bond acceptors (Lipinski definition) is 4. The van der Waals surface area contributed by atoms with E-state index in [1.54, 1.807) is 0 Å². The molecule has 0 radical (unpaired) electrons. The summed E-state index contributed by atoms with van der Waals surface area (Å²) in [5, 5.41) is 7.83. The van der Waals surface area contributed by atoms with Gasteiger partial charge in [-0.2, -0.15) is 0 Å². The minimum Gasteiger partial charge on any atom is -0.337 e. The van der Waals surface area contributed by atoms with Crippen LogP contribution in [0.25, 0.3) is 0 Å². The third-order valence-corrected chi connectivity index (χ3v) is 3.96. The van der Waals surface area contributed by atoms with Crippen molar-refractivity contribution in [2.45, 2.75) is 26.2 Å². The van der Waals surface area contributed by atoms with Gasteiger partial charge in [0.2, 0.25) is 9.47 Å². The van der Waals surface area contributed by atoms with Crippen LogP contribution in [0.4, 0.5) is 0 Å². The van der Waals surface area contributed by atoms with Gasteiger partial charge in [0, 0.05) is 13.1 Å². The Kier molecular flexibility index (Phi) is 3.76. The maximum absolute atomic E-state index is 12.0. The zero-order chi connectivity index (χ0) is 11.5. The molecule has 0 N–H and O–H groups in total. The quantitative estimate of drug-likeness (QED) is 0.834. The lowest BCUT2D eigenvalue weighted by atomic mass is 9.85. The average Bonchev–Trinajstić information content (AvgIpc) is 2.63. The zero-order valence-corrected chi connectivity index (χ0v) is 10.7. The number of hydrogen-bond donors (Lipinski definition) is 0. The van der Waals surface area contributed by atoms with Crippen molar-refractivity contribution < 1.29 is 4.79 Å². The molecule has 0 aromatic carbocycles. The summed E-state index contributed by atoms with van der Waals surface area (Å²) >= 11 is 6.81. The van der Waals surface area contributed by atoms with Gasteiger partial charge < -0.3 is 4.90 Å². The molecule has 1 aliphatic rings. The molecule has 0 spiro atoms. The highest BCUT2D eigenvalue weighted by molar-refractivity contribution is 7.17. The molecule has 0 saturated heterocycles. The van der Waals surface area contributed by atoms with Crippen LogP contribution >= 0.6 is 22.9 Å². The molecule has 1 heterocycles. The second-order valence-electron chi connectivity index (χ2n) is 4.00. The van der Waals surface area contributed by atoms with Gasteiger partial charge in [-0.25, -0.2) is 0 Å². The SMILES string of the molecule is CCN(CC1CCC1)C(=O)c1nnc(Cl)s1. The van der Waals surface area contributed by atoms with E-state index >= 15 is 0 Å². The maximum atomic E-state index is 12.0. The number of halogens is 1. The van der Waals surface area contributed by atoms with Crippen molar-refractivity contribution in [1.82, 2.24) is 15.1 Å².